The van der Waals surface area contributed by atoms with Gasteiger partial charge in [0.05, 0.1) is 11.0 Å². The van der Waals surface area contributed by atoms with E-state index in [9.17, 15) is 0 Å². The smallest absolute Gasteiger partial charge is 0.141 e. The summed E-state index contributed by atoms with van der Waals surface area (Å²) in [6.45, 7) is 5.05. The van der Waals surface area contributed by atoms with Crippen molar-refractivity contribution in [3.63, 3.8) is 0 Å². The molecule has 3 aromatic carbocycles. The molecule has 0 saturated carbocycles. The lowest BCUT2D eigenvalue weighted by molar-refractivity contribution is 0.834. The fourth-order valence-electron chi connectivity index (χ4n) is 3.03. The Hall–Kier alpha value is -2.87. The minimum Gasteiger partial charge on any atom is -0.319 e. The highest BCUT2D eigenvalue weighted by molar-refractivity contribution is 5.80. The Morgan fingerprint density at radius 2 is 1.38 bits per heavy atom. The average molecular weight is 312 g/mol. The first-order valence-electron chi connectivity index (χ1n) is 8.28. The van der Waals surface area contributed by atoms with Gasteiger partial charge in [0.1, 0.15) is 5.82 Å². The standard InChI is InChI=1S/C22H20N2/c1-16-7-11-18(12-8-16)15-24-21-6-4-3-5-20(21)23-22(24)19-13-9-17(2)10-14-19/h3-14H,15H2,1-2H3. The minimum absolute atomic E-state index is 0.823. The Kier molecular flexibility index (Phi) is 3.66. The molecule has 0 aliphatic carbocycles. The van der Waals surface area contributed by atoms with E-state index in [1.807, 2.05) is 6.07 Å². The summed E-state index contributed by atoms with van der Waals surface area (Å²) in [5.41, 5.74) is 7.21. The lowest BCUT2D eigenvalue weighted by Crippen LogP contribution is -2.02. The molecule has 4 rings (SSSR count). The van der Waals surface area contributed by atoms with Crippen molar-refractivity contribution >= 4 is 11.0 Å². The molecule has 0 aliphatic rings. The fourth-order valence-corrected chi connectivity index (χ4v) is 3.03. The maximum Gasteiger partial charge on any atom is 0.141 e. The van der Waals surface area contributed by atoms with Gasteiger partial charge < -0.3 is 4.57 Å². The molecule has 2 nitrogen and oxygen atoms in total. The Balaban J connectivity index is 1.86. The van der Waals surface area contributed by atoms with Crippen molar-refractivity contribution < 1.29 is 0 Å². The summed E-state index contributed by atoms with van der Waals surface area (Å²) in [4.78, 5) is 4.89. The molecule has 118 valence electrons. The van der Waals surface area contributed by atoms with Crippen LogP contribution in [-0.4, -0.2) is 9.55 Å². The summed E-state index contributed by atoms with van der Waals surface area (Å²) in [5, 5.41) is 0. The average Bonchev–Trinajstić information content (AvgIpc) is 2.96. The molecule has 4 aromatic rings. The number of aromatic nitrogens is 2. The zero-order chi connectivity index (χ0) is 16.5. The predicted molar refractivity (Wildman–Crippen MR) is 100 cm³/mol. The number of hydrogen-bond acceptors (Lipinski definition) is 1. The number of para-hydroxylation sites is 2. The van der Waals surface area contributed by atoms with Gasteiger partial charge in [-0.2, -0.15) is 0 Å². The van der Waals surface area contributed by atoms with Crippen LogP contribution < -0.4 is 0 Å². The van der Waals surface area contributed by atoms with Gasteiger partial charge in [-0.1, -0.05) is 71.8 Å². The van der Waals surface area contributed by atoms with E-state index < -0.39 is 0 Å². The molecule has 0 unspecified atom stereocenters. The maximum absolute atomic E-state index is 4.89. The summed E-state index contributed by atoms with van der Waals surface area (Å²) in [5.74, 6) is 1.02. The number of rotatable bonds is 3. The van der Waals surface area contributed by atoms with Crippen LogP contribution in [0.4, 0.5) is 0 Å². The third-order valence-electron chi connectivity index (χ3n) is 4.43. The van der Waals surface area contributed by atoms with E-state index in [0.29, 0.717) is 0 Å². The van der Waals surface area contributed by atoms with Gasteiger partial charge in [0, 0.05) is 12.1 Å². The van der Waals surface area contributed by atoms with E-state index in [0.717, 1.165) is 23.4 Å². The molecule has 2 heteroatoms. The van der Waals surface area contributed by atoms with Crippen LogP contribution in [0, 0.1) is 13.8 Å². The molecular formula is C22H20N2. The first-order chi connectivity index (χ1) is 11.7. The van der Waals surface area contributed by atoms with Gasteiger partial charge in [-0.25, -0.2) is 4.98 Å². The molecule has 0 spiro atoms. The van der Waals surface area contributed by atoms with Crippen LogP contribution >= 0.6 is 0 Å². The zero-order valence-corrected chi connectivity index (χ0v) is 14.0. The number of hydrogen-bond donors (Lipinski definition) is 0. The van der Waals surface area contributed by atoms with Crippen molar-refractivity contribution in [1.29, 1.82) is 0 Å². The van der Waals surface area contributed by atoms with Crippen LogP contribution in [0.15, 0.2) is 72.8 Å². The van der Waals surface area contributed by atoms with Crippen molar-refractivity contribution in [2.45, 2.75) is 20.4 Å². The second kappa shape index (κ2) is 5.97. The van der Waals surface area contributed by atoms with Gasteiger partial charge in [0.2, 0.25) is 0 Å². The van der Waals surface area contributed by atoms with Gasteiger partial charge in [-0.15, -0.1) is 0 Å². The maximum atomic E-state index is 4.89. The molecule has 0 amide bonds. The Bertz CT molecular complexity index is 977. The SMILES string of the molecule is Cc1ccc(Cn2c(-c3ccc(C)cc3)nc3ccccc32)cc1. The highest BCUT2D eigenvalue weighted by Gasteiger charge is 2.12. The molecule has 1 heterocycles. The summed E-state index contributed by atoms with van der Waals surface area (Å²) >= 11 is 0. The van der Waals surface area contributed by atoms with Gasteiger partial charge >= 0.3 is 0 Å². The van der Waals surface area contributed by atoms with E-state index in [2.05, 4.69) is 85.1 Å². The lowest BCUT2D eigenvalue weighted by Gasteiger charge is -2.10. The molecule has 0 saturated heterocycles. The molecule has 0 atom stereocenters. The molecule has 0 N–H and O–H groups in total. The normalized spacial score (nSPS) is 11.1. The molecule has 0 radical (unpaired) electrons. The number of aryl methyl sites for hydroxylation is 2. The van der Waals surface area contributed by atoms with Crippen LogP contribution in [0.25, 0.3) is 22.4 Å². The van der Waals surface area contributed by atoms with Crippen LogP contribution in [-0.2, 0) is 6.54 Å². The van der Waals surface area contributed by atoms with Crippen molar-refractivity contribution in [1.82, 2.24) is 9.55 Å². The number of benzene rings is 3. The quantitative estimate of drug-likeness (QED) is 0.497. The molecule has 0 fully saturated rings. The molecule has 0 aliphatic heterocycles. The van der Waals surface area contributed by atoms with E-state index in [1.165, 1.54) is 22.2 Å². The van der Waals surface area contributed by atoms with E-state index in [4.69, 9.17) is 4.98 Å². The van der Waals surface area contributed by atoms with Gasteiger partial charge in [0.15, 0.2) is 0 Å². The largest absolute Gasteiger partial charge is 0.319 e. The van der Waals surface area contributed by atoms with Crippen LogP contribution in [0.3, 0.4) is 0 Å². The monoisotopic (exact) mass is 312 g/mol. The topological polar surface area (TPSA) is 17.8 Å². The first kappa shape index (κ1) is 14.7. The third kappa shape index (κ3) is 2.71. The Morgan fingerprint density at radius 3 is 2.08 bits per heavy atom. The van der Waals surface area contributed by atoms with E-state index >= 15 is 0 Å². The second-order valence-electron chi connectivity index (χ2n) is 6.36. The lowest BCUT2D eigenvalue weighted by atomic mass is 10.1. The summed E-state index contributed by atoms with van der Waals surface area (Å²) < 4.78 is 2.31. The highest BCUT2D eigenvalue weighted by Crippen LogP contribution is 2.26. The Morgan fingerprint density at radius 1 is 0.750 bits per heavy atom. The van der Waals surface area contributed by atoms with Gasteiger partial charge in [0.25, 0.3) is 0 Å². The molecular weight excluding hydrogens is 292 g/mol. The number of imidazole rings is 1. The van der Waals surface area contributed by atoms with Crippen LogP contribution in [0.1, 0.15) is 16.7 Å². The van der Waals surface area contributed by atoms with Crippen molar-refractivity contribution in [2.75, 3.05) is 0 Å². The molecule has 24 heavy (non-hydrogen) atoms. The second-order valence-corrected chi connectivity index (χ2v) is 6.36. The summed E-state index contributed by atoms with van der Waals surface area (Å²) in [7, 11) is 0. The minimum atomic E-state index is 0.823. The number of fused-ring (bicyclic) bond motifs is 1. The third-order valence-corrected chi connectivity index (χ3v) is 4.43. The zero-order valence-electron chi connectivity index (χ0n) is 14.0. The highest BCUT2D eigenvalue weighted by atomic mass is 15.1. The first-order valence-corrected chi connectivity index (χ1v) is 8.28. The van der Waals surface area contributed by atoms with E-state index in [-0.39, 0.29) is 0 Å². The van der Waals surface area contributed by atoms with E-state index in [1.54, 1.807) is 0 Å². The molecule has 0 bridgehead atoms. The van der Waals surface area contributed by atoms with Gasteiger partial charge in [-0.05, 0) is 31.5 Å². The van der Waals surface area contributed by atoms with Gasteiger partial charge in [-0.3, -0.25) is 0 Å². The fraction of sp³-hybridized carbons (Fsp3) is 0.136. The molecule has 1 aromatic heterocycles. The summed E-state index contributed by atoms with van der Waals surface area (Å²) in [6.07, 6.45) is 0. The van der Waals surface area contributed by atoms with Crippen molar-refractivity contribution in [3.05, 3.63) is 89.5 Å². The summed E-state index contributed by atoms with van der Waals surface area (Å²) in [6, 6.07) is 25.7. The number of nitrogens with zero attached hydrogens (tertiary/aromatic N) is 2. The Labute approximate surface area is 142 Å². The van der Waals surface area contributed by atoms with Crippen molar-refractivity contribution in [3.8, 4) is 11.4 Å². The predicted octanol–water partition coefficient (Wildman–Crippen LogP) is 5.37. The van der Waals surface area contributed by atoms with Crippen LogP contribution in [0.5, 0.6) is 0 Å². The van der Waals surface area contributed by atoms with Crippen molar-refractivity contribution in [2.24, 2.45) is 0 Å². The van der Waals surface area contributed by atoms with Crippen LogP contribution in [0.2, 0.25) is 0 Å².